The summed E-state index contributed by atoms with van der Waals surface area (Å²) in [6.45, 7) is 0. The maximum Gasteiger partial charge on any atom is 0.248 e. The summed E-state index contributed by atoms with van der Waals surface area (Å²) in [5.41, 5.74) is 5.49. The summed E-state index contributed by atoms with van der Waals surface area (Å²) < 4.78 is 10.2. The van der Waals surface area contributed by atoms with E-state index in [1.165, 1.54) is 12.5 Å². The largest absolute Gasteiger partial charge is 0.458 e. The molecule has 0 unspecified atom stereocenters. The van der Waals surface area contributed by atoms with Crippen molar-refractivity contribution in [3.63, 3.8) is 0 Å². The molecule has 2 rings (SSSR count). The lowest BCUT2D eigenvalue weighted by molar-refractivity contribution is 0.1000. The lowest BCUT2D eigenvalue weighted by Crippen LogP contribution is -2.11. The number of benzene rings is 1. The van der Waals surface area contributed by atoms with E-state index in [1.54, 1.807) is 18.2 Å². The Kier molecular flexibility index (Phi) is 2.99. The van der Waals surface area contributed by atoms with Gasteiger partial charge in [-0.3, -0.25) is 4.79 Å². The Hall–Kier alpha value is -1.68. The second-order valence-corrected chi connectivity index (χ2v) is 2.53. The number of hydrogen-bond acceptors (Lipinski definition) is 3. The fourth-order valence-corrected chi connectivity index (χ4v) is 1.05. The van der Waals surface area contributed by atoms with Crippen LogP contribution < -0.4 is 15.2 Å². The highest BCUT2D eigenvalue weighted by atomic mass is 35.5. The Bertz CT molecular complexity index is 390. The molecule has 1 aromatic rings. The van der Waals surface area contributed by atoms with Crippen LogP contribution in [0.15, 0.2) is 30.7 Å². The van der Waals surface area contributed by atoms with Crippen LogP contribution in [0.5, 0.6) is 11.5 Å². The highest BCUT2D eigenvalue weighted by Gasteiger charge is 2.10. The summed E-state index contributed by atoms with van der Waals surface area (Å²) >= 11 is 0. The van der Waals surface area contributed by atoms with Crippen LogP contribution in [0.1, 0.15) is 10.4 Å². The first-order chi connectivity index (χ1) is 6.27. The van der Waals surface area contributed by atoms with Crippen molar-refractivity contribution in [2.45, 2.75) is 0 Å². The van der Waals surface area contributed by atoms with Crippen molar-refractivity contribution in [3.05, 3.63) is 36.3 Å². The van der Waals surface area contributed by atoms with E-state index in [9.17, 15) is 4.79 Å². The molecule has 1 aliphatic heterocycles. The maximum absolute atomic E-state index is 10.8. The van der Waals surface area contributed by atoms with Crippen LogP contribution in [0.25, 0.3) is 0 Å². The van der Waals surface area contributed by atoms with Gasteiger partial charge in [0.1, 0.15) is 12.5 Å². The molecule has 0 saturated heterocycles. The van der Waals surface area contributed by atoms with Crippen LogP contribution in [0.2, 0.25) is 0 Å². The zero-order chi connectivity index (χ0) is 9.26. The van der Waals surface area contributed by atoms with Crippen LogP contribution in [0.3, 0.4) is 0 Å². The average molecular weight is 214 g/mol. The Morgan fingerprint density at radius 3 is 2.43 bits per heavy atom. The molecule has 0 bridgehead atoms. The summed E-state index contributed by atoms with van der Waals surface area (Å²) in [5, 5.41) is 0. The van der Waals surface area contributed by atoms with Crippen molar-refractivity contribution < 1.29 is 14.3 Å². The number of hydrogen-bond donors (Lipinski definition) is 1. The first kappa shape index (κ1) is 10.4. The third-order valence-electron chi connectivity index (χ3n) is 1.67. The first-order valence-corrected chi connectivity index (χ1v) is 3.69. The first-order valence-electron chi connectivity index (χ1n) is 3.69. The van der Waals surface area contributed by atoms with Crippen LogP contribution in [0.4, 0.5) is 0 Å². The van der Waals surface area contributed by atoms with E-state index in [4.69, 9.17) is 15.2 Å². The Labute approximate surface area is 86.7 Å². The quantitative estimate of drug-likeness (QED) is 0.768. The van der Waals surface area contributed by atoms with Crippen molar-refractivity contribution in [2.24, 2.45) is 5.73 Å². The molecule has 1 aromatic carbocycles. The van der Waals surface area contributed by atoms with Crippen molar-refractivity contribution in [1.29, 1.82) is 0 Å². The second-order valence-electron chi connectivity index (χ2n) is 2.53. The van der Waals surface area contributed by atoms with Gasteiger partial charge in [0, 0.05) is 5.56 Å². The number of carbonyl (C=O) groups is 1. The number of ether oxygens (including phenoxy) is 2. The van der Waals surface area contributed by atoms with Gasteiger partial charge in [-0.15, -0.1) is 12.4 Å². The monoisotopic (exact) mass is 213 g/mol. The molecule has 0 saturated carbocycles. The lowest BCUT2D eigenvalue weighted by atomic mass is 10.2. The van der Waals surface area contributed by atoms with Crippen molar-refractivity contribution in [2.75, 3.05) is 0 Å². The molecule has 0 aromatic heterocycles. The topological polar surface area (TPSA) is 61.6 Å². The van der Waals surface area contributed by atoms with Gasteiger partial charge in [-0.2, -0.15) is 0 Å². The van der Waals surface area contributed by atoms with Crippen molar-refractivity contribution in [1.82, 2.24) is 0 Å². The summed E-state index contributed by atoms with van der Waals surface area (Å²) in [5.74, 6) is 0.590. The van der Waals surface area contributed by atoms with E-state index in [0.29, 0.717) is 17.1 Å². The number of halogens is 1. The molecule has 4 nitrogen and oxygen atoms in total. The molecular weight excluding hydrogens is 206 g/mol. The van der Waals surface area contributed by atoms with Gasteiger partial charge in [-0.25, -0.2) is 0 Å². The van der Waals surface area contributed by atoms with E-state index in [1.807, 2.05) is 0 Å². The van der Waals surface area contributed by atoms with Crippen molar-refractivity contribution in [3.8, 4) is 11.5 Å². The van der Waals surface area contributed by atoms with Crippen LogP contribution in [0, 0.1) is 0 Å². The molecule has 74 valence electrons. The van der Waals surface area contributed by atoms with Gasteiger partial charge in [-0.1, -0.05) is 0 Å². The molecule has 1 amide bonds. The van der Waals surface area contributed by atoms with Gasteiger partial charge in [0.15, 0.2) is 11.5 Å². The zero-order valence-corrected chi connectivity index (χ0v) is 7.91. The lowest BCUT2D eigenvalue weighted by Gasteiger charge is -2.12. The second kappa shape index (κ2) is 4.02. The van der Waals surface area contributed by atoms with Gasteiger partial charge in [0.25, 0.3) is 0 Å². The predicted octanol–water partition coefficient (Wildman–Crippen LogP) is 1.45. The number of primary amides is 1. The third-order valence-corrected chi connectivity index (χ3v) is 1.67. The molecule has 0 aliphatic carbocycles. The number of rotatable bonds is 1. The average Bonchev–Trinajstić information content (AvgIpc) is 2.17. The molecular formula is C9H8ClNO3. The van der Waals surface area contributed by atoms with E-state index in [0.717, 1.165) is 0 Å². The fraction of sp³-hybridized carbons (Fsp3) is 0. The Morgan fingerprint density at radius 2 is 1.79 bits per heavy atom. The van der Waals surface area contributed by atoms with Gasteiger partial charge in [0.05, 0.1) is 0 Å². The Morgan fingerprint density at radius 1 is 1.14 bits per heavy atom. The van der Waals surface area contributed by atoms with Crippen LogP contribution in [-0.2, 0) is 0 Å². The Balaban J connectivity index is 0.000000980. The van der Waals surface area contributed by atoms with Crippen molar-refractivity contribution >= 4 is 18.3 Å². The molecule has 2 N–H and O–H groups in total. The fourth-order valence-electron chi connectivity index (χ4n) is 1.05. The highest BCUT2D eigenvalue weighted by molar-refractivity contribution is 5.93. The van der Waals surface area contributed by atoms with Crippen LogP contribution >= 0.6 is 12.4 Å². The van der Waals surface area contributed by atoms with E-state index < -0.39 is 5.91 Å². The van der Waals surface area contributed by atoms with Crippen LogP contribution in [-0.4, -0.2) is 5.91 Å². The molecule has 0 spiro atoms. The maximum atomic E-state index is 10.8. The minimum Gasteiger partial charge on any atom is -0.458 e. The summed E-state index contributed by atoms with van der Waals surface area (Å²) in [7, 11) is 0. The normalized spacial score (nSPS) is 11.7. The molecule has 0 atom stereocenters. The summed E-state index contributed by atoms with van der Waals surface area (Å²) in [6.07, 6.45) is 2.82. The standard InChI is InChI=1S/C9H7NO3.ClH/c10-9(11)6-1-2-7-8(5-6)13-4-3-12-7;/h1-5H,(H2,10,11);1H. The number of nitrogens with two attached hydrogens (primary N) is 1. The predicted molar refractivity (Wildman–Crippen MR) is 52.6 cm³/mol. The number of amides is 1. The molecule has 1 heterocycles. The smallest absolute Gasteiger partial charge is 0.248 e. The zero-order valence-electron chi connectivity index (χ0n) is 7.10. The number of carbonyl (C=O) groups excluding carboxylic acids is 1. The number of fused-ring (bicyclic) bond motifs is 1. The summed E-state index contributed by atoms with van der Waals surface area (Å²) in [4.78, 5) is 10.8. The third kappa shape index (κ3) is 1.80. The van der Waals surface area contributed by atoms with Gasteiger partial charge >= 0.3 is 0 Å². The molecule has 14 heavy (non-hydrogen) atoms. The van der Waals surface area contributed by atoms with Gasteiger partial charge < -0.3 is 15.2 Å². The molecule has 1 aliphatic rings. The van der Waals surface area contributed by atoms with Gasteiger partial charge in [0.2, 0.25) is 5.91 Å². The minimum absolute atomic E-state index is 0. The minimum atomic E-state index is -0.485. The molecule has 0 fully saturated rings. The van der Waals surface area contributed by atoms with E-state index >= 15 is 0 Å². The SMILES string of the molecule is Cl.NC(=O)c1ccc2c(c1)OC=CO2. The molecule has 0 radical (unpaired) electrons. The van der Waals surface area contributed by atoms with E-state index in [-0.39, 0.29) is 12.4 Å². The highest BCUT2D eigenvalue weighted by Crippen LogP contribution is 2.30. The molecule has 5 heteroatoms. The summed E-state index contributed by atoms with van der Waals surface area (Å²) in [6, 6.07) is 4.77. The van der Waals surface area contributed by atoms with E-state index in [2.05, 4.69) is 0 Å². The van der Waals surface area contributed by atoms with Gasteiger partial charge in [-0.05, 0) is 18.2 Å².